The van der Waals surface area contributed by atoms with Crippen molar-refractivity contribution in [3.8, 4) is 11.1 Å². The maximum Gasteiger partial charge on any atom is 0.416 e. The van der Waals surface area contributed by atoms with E-state index in [1.54, 1.807) is 0 Å². The Morgan fingerprint density at radius 2 is 1.34 bits per heavy atom. The number of aliphatic hydroxyl groups excluding tert-OH is 2. The Morgan fingerprint density at radius 1 is 0.842 bits per heavy atom. The summed E-state index contributed by atoms with van der Waals surface area (Å²) >= 11 is 0. The number of nitrogens with one attached hydrogen (secondary N) is 1. The SMILES string of the molecule is O=C(NCCC(O)C(O)c1cc(C(F)(F)F)cc(C(F)(F)F)c1)OCC1c2ccccc2-c2ccccc21. The number of benzene rings is 3. The van der Waals surface area contributed by atoms with E-state index in [1.807, 2.05) is 48.5 Å². The van der Waals surface area contributed by atoms with Gasteiger partial charge >= 0.3 is 18.4 Å². The molecular formula is C27H23F6NO4. The molecule has 0 aliphatic heterocycles. The Morgan fingerprint density at radius 3 is 1.84 bits per heavy atom. The molecule has 5 nitrogen and oxygen atoms in total. The average molecular weight is 539 g/mol. The van der Waals surface area contributed by atoms with Crippen LogP contribution in [0, 0.1) is 0 Å². The van der Waals surface area contributed by atoms with Gasteiger partial charge in [0.1, 0.15) is 12.7 Å². The van der Waals surface area contributed by atoms with E-state index in [0.717, 1.165) is 22.3 Å². The molecule has 11 heteroatoms. The Hall–Kier alpha value is -3.57. The molecule has 0 aromatic heterocycles. The van der Waals surface area contributed by atoms with Gasteiger partial charge in [0.25, 0.3) is 0 Å². The molecule has 3 aromatic carbocycles. The van der Waals surface area contributed by atoms with E-state index >= 15 is 0 Å². The second-order valence-electron chi connectivity index (χ2n) is 8.89. The summed E-state index contributed by atoms with van der Waals surface area (Å²) in [4.78, 5) is 12.2. The molecule has 0 spiro atoms. The Bertz CT molecular complexity index is 1230. The van der Waals surface area contributed by atoms with Gasteiger partial charge in [0, 0.05) is 12.5 Å². The highest BCUT2D eigenvalue weighted by Gasteiger charge is 2.38. The number of fused-ring (bicyclic) bond motifs is 3. The minimum absolute atomic E-state index is 0.0233. The predicted molar refractivity (Wildman–Crippen MR) is 125 cm³/mol. The molecule has 2 atom stereocenters. The van der Waals surface area contributed by atoms with E-state index in [4.69, 9.17) is 4.74 Å². The first-order chi connectivity index (χ1) is 17.9. The minimum Gasteiger partial charge on any atom is -0.449 e. The van der Waals surface area contributed by atoms with Crippen molar-refractivity contribution < 1.29 is 46.1 Å². The third-order valence-corrected chi connectivity index (χ3v) is 6.37. The molecule has 0 radical (unpaired) electrons. The van der Waals surface area contributed by atoms with Gasteiger partial charge < -0.3 is 20.3 Å². The molecule has 1 amide bonds. The molecule has 0 saturated heterocycles. The van der Waals surface area contributed by atoms with E-state index in [2.05, 4.69) is 5.32 Å². The predicted octanol–water partition coefficient (Wildman–Crippen LogP) is 6.05. The molecule has 3 aromatic rings. The lowest BCUT2D eigenvalue weighted by Crippen LogP contribution is -2.30. The second-order valence-corrected chi connectivity index (χ2v) is 8.89. The number of hydrogen-bond acceptors (Lipinski definition) is 4. The highest BCUT2D eigenvalue weighted by Crippen LogP contribution is 2.44. The van der Waals surface area contributed by atoms with Gasteiger partial charge in [0.05, 0.1) is 17.2 Å². The summed E-state index contributed by atoms with van der Waals surface area (Å²) in [5.74, 6) is -0.190. The van der Waals surface area contributed by atoms with E-state index in [0.29, 0.717) is 12.1 Å². The summed E-state index contributed by atoms with van der Waals surface area (Å²) in [5.41, 5.74) is 0.116. The van der Waals surface area contributed by atoms with E-state index in [1.165, 1.54) is 0 Å². The van der Waals surface area contributed by atoms with Crippen molar-refractivity contribution in [1.29, 1.82) is 0 Å². The lowest BCUT2D eigenvalue weighted by Gasteiger charge is -2.21. The Kier molecular flexibility index (Phi) is 7.70. The van der Waals surface area contributed by atoms with Gasteiger partial charge in [-0.2, -0.15) is 26.3 Å². The van der Waals surface area contributed by atoms with Crippen LogP contribution in [0.3, 0.4) is 0 Å². The number of aliphatic hydroxyl groups is 2. The van der Waals surface area contributed by atoms with Crippen LogP contribution in [-0.2, 0) is 17.1 Å². The summed E-state index contributed by atoms with van der Waals surface area (Å²) in [6.07, 6.45) is -15.2. The summed E-state index contributed by atoms with van der Waals surface area (Å²) < 4.78 is 83.7. The van der Waals surface area contributed by atoms with E-state index < -0.39 is 47.3 Å². The molecule has 3 N–H and O–H groups in total. The van der Waals surface area contributed by atoms with Crippen molar-refractivity contribution in [1.82, 2.24) is 5.32 Å². The zero-order valence-electron chi connectivity index (χ0n) is 19.7. The molecule has 2 unspecified atom stereocenters. The summed E-state index contributed by atoms with van der Waals surface area (Å²) in [5, 5.41) is 22.8. The number of hydrogen-bond donors (Lipinski definition) is 3. The van der Waals surface area contributed by atoms with Crippen LogP contribution in [0.4, 0.5) is 31.1 Å². The zero-order valence-corrected chi connectivity index (χ0v) is 19.7. The molecule has 1 aliphatic carbocycles. The van der Waals surface area contributed by atoms with Crippen LogP contribution in [0.25, 0.3) is 11.1 Å². The van der Waals surface area contributed by atoms with Crippen molar-refractivity contribution in [2.75, 3.05) is 13.2 Å². The Balaban J connectivity index is 1.34. The number of halogens is 6. The highest BCUT2D eigenvalue weighted by molar-refractivity contribution is 5.79. The first-order valence-corrected chi connectivity index (χ1v) is 11.6. The van der Waals surface area contributed by atoms with Gasteiger partial charge in [-0.25, -0.2) is 4.79 Å². The van der Waals surface area contributed by atoms with Gasteiger partial charge in [0.15, 0.2) is 0 Å². The minimum atomic E-state index is -5.09. The van der Waals surface area contributed by atoms with Crippen molar-refractivity contribution in [2.45, 2.75) is 36.9 Å². The van der Waals surface area contributed by atoms with Gasteiger partial charge in [-0.1, -0.05) is 48.5 Å². The first-order valence-electron chi connectivity index (χ1n) is 11.6. The fourth-order valence-electron chi connectivity index (χ4n) is 4.50. The monoisotopic (exact) mass is 539 g/mol. The zero-order chi connectivity index (χ0) is 27.7. The number of amides is 1. The first kappa shape index (κ1) is 27.5. The van der Waals surface area contributed by atoms with Crippen molar-refractivity contribution in [3.63, 3.8) is 0 Å². The molecule has 0 fully saturated rings. The molecular weight excluding hydrogens is 516 g/mol. The number of carbonyl (C=O) groups excluding carboxylic acids is 1. The standard InChI is InChI=1S/C27H23F6NO4/c28-26(29,30)16-11-15(12-17(13-16)27(31,32)33)24(36)23(35)9-10-34-25(37)38-14-22-20-7-3-1-5-18(20)19-6-2-4-8-21(19)22/h1-8,11-13,22-24,35-36H,9-10,14H2,(H,34,37). The second kappa shape index (κ2) is 10.7. The quantitative estimate of drug-likeness (QED) is 0.320. The highest BCUT2D eigenvalue weighted by atomic mass is 19.4. The van der Waals surface area contributed by atoms with Crippen LogP contribution in [0.5, 0.6) is 0 Å². The number of ether oxygens (including phenoxy) is 1. The molecule has 0 heterocycles. The van der Waals surface area contributed by atoms with Gasteiger partial charge in [-0.15, -0.1) is 0 Å². The van der Waals surface area contributed by atoms with Crippen LogP contribution >= 0.6 is 0 Å². The van der Waals surface area contributed by atoms with Gasteiger partial charge in [0.2, 0.25) is 0 Å². The molecule has 0 bridgehead atoms. The van der Waals surface area contributed by atoms with Gasteiger partial charge in [-0.3, -0.25) is 0 Å². The summed E-state index contributed by atoms with van der Waals surface area (Å²) in [6.45, 7) is -0.227. The average Bonchev–Trinajstić information content (AvgIpc) is 3.19. The normalized spacial score (nSPS) is 14.9. The molecule has 1 aliphatic rings. The van der Waals surface area contributed by atoms with Crippen LogP contribution in [0.1, 0.15) is 46.3 Å². The topological polar surface area (TPSA) is 78.8 Å². The number of rotatable bonds is 7. The maximum absolute atomic E-state index is 13.1. The molecule has 38 heavy (non-hydrogen) atoms. The smallest absolute Gasteiger partial charge is 0.416 e. The number of carbonyl (C=O) groups is 1. The van der Waals surface area contributed by atoms with E-state index in [9.17, 15) is 41.4 Å². The fraction of sp³-hybridized carbons (Fsp3) is 0.296. The molecule has 0 saturated carbocycles. The van der Waals surface area contributed by atoms with Crippen molar-refractivity contribution >= 4 is 6.09 Å². The van der Waals surface area contributed by atoms with Crippen LogP contribution < -0.4 is 5.32 Å². The molecule has 4 rings (SSSR count). The number of alkyl carbamates (subject to hydrolysis) is 1. The van der Waals surface area contributed by atoms with Crippen LogP contribution in [0.15, 0.2) is 66.7 Å². The lowest BCUT2D eigenvalue weighted by molar-refractivity contribution is -0.143. The number of alkyl halides is 6. The van der Waals surface area contributed by atoms with Crippen molar-refractivity contribution in [3.05, 3.63) is 94.5 Å². The molecule has 202 valence electrons. The third-order valence-electron chi connectivity index (χ3n) is 6.37. The third kappa shape index (κ3) is 5.94. The fourth-order valence-corrected chi connectivity index (χ4v) is 4.50. The van der Waals surface area contributed by atoms with E-state index in [-0.39, 0.29) is 31.6 Å². The van der Waals surface area contributed by atoms with Crippen LogP contribution in [0.2, 0.25) is 0 Å². The largest absolute Gasteiger partial charge is 0.449 e. The van der Waals surface area contributed by atoms with Crippen LogP contribution in [-0.4, -0.2) is 35.6 Å². The summed E-state index contributed by atoms with van der Waals surface area (Å²) in [6, 6.07) is 16.0. The Labute approximate surface area is 213 Å². The summed E-state index contributed by atoms with van der Waals surface area (Å²) in [7, 11) is 0. The van der Waals surface area contributed by atoms with Crippen molar-refractivity contribution in [2.24, 2.45) is 0 Å². The maximum atomic E-state index is 13.1. The lowest BCUT2D eigenvalue weighted by atomic mass is 9.97. The van der Waals surface area contributed by atoms with Gasteiger partial charge in [-0.05, 0) is 52.4 Å².